The van der Waals surface area contributed by atoms with Gasteiger partial charge in [0.2, 0.25) is 0 Å². The molecule has 0 aliphatic rings. The molecule has 0 heterocycles. The lowest BCUT2D eigenvalue weighted by Crippen LogP contribution is -2.47. The van der Waals surface area contributed by atoms with Gasteiger partial charge in [0.1, 0.15) is 6.04 Å². The Balaban J connectivity index is 4.20. The van der Waals surface area contributed by atoms with E-state index in [0.717, 1.165) is 13.0 Å². The number of carbonyl (C=O) groups is 2. The molecule has 6 nitrogen and oxygen atoms in total. The second-order valence-corrected chi connectivity index (χ2v) is 5.55. The lowest BCUT2D eigenvalue weighted by atomic mass is 10.0. The Hall–Kier alpha value is -1.30. The highest BCUT2D eigenvalue weighted by Crippen LogP contribution is 2.05. The second-order valence-electron chi connectivity index (χ2n) is 5.55. The van der Waals surface area contributed by atoms with E-state index < -0.39 is 12.0 Å². The summed E-state index contributed by atoms with van der Waals surface area (Å²) in [6.45, 7) is 5.37. The van der Waals surface area contributed by atoms with Crippen molar-refractivity contribution < 1.29 is 14.7 Å². The van der Waals surface area contributed by atoms with Crippen LogP contribution in [0.3, 0.4) is 0 Å². The minimum atomic E-state index is -0.983. The normalized spacial score (nSPS) is 12.6. The van der Waals surface area contributed by atoms with Crippen LogP contribution in [0.1, 0.15) is 26.7 Å². The number of carbonyl (C=O) groups excluding carboxylic acids is 1. The van der Waals surface area contributed by atoms with Gasteiger partial charge in [-0.3, -0.25) is 0 Å². The van der Waals surface area contributed by atoms with Crippen LogP contribution in [0.2, 0.25) is 0 Å². The highest BCUT2D eigenvalue weighted by Gasteiger charge is 2.22. The number of carboxylic acid groups (broad SMARTS) is 1. The maximum Gasteiger partial charge on any atom is 0.326 e. The molecule has 0 fully saturated rings. The SMILES string of the molecule is CC(C)C[C@@H](NC(=O)N(C)CCCN(C)C)C(=O)O. The summed E-state index contributed by atoms with van der Waals surface area (Å²) in [7, 11) is 5.63. The van der Waals surface area contributed by atoms with E-state index in [1.54, 1.807) is 7.05 Å². The van der Waals surface area contributed by atoms with Crippen LogP contribution in [-0.4, -0.2) is 67.2 Å². The summed E-state index contributed by atoms with van der Waals surface area (Å²) in [4.78, 5) is 26.5. The average Bonchev–Trinajstić information content (AvgIpc) is 2.26. The Labute approximate surface area is 115 Å². The Bertz CT molecular complexity index is 293. The van der Waals surface area contributed by atoms with Crippen LogP contribution in [-0.2, 0) is 4.79 Å². The van der Waals surface area contributed by atoms with Gasteiger partial charge in [-0.2, -0.15) is 0 Å². The number of rotatable bonds is 8. The van der Waals surface area contributed by atoms with Gasteiger partial charge in [-0.25, -0.2) is 9.59 Å². The van der Waals surface area contributed by atoms with Crippen LogP contribution in [0, 0.1) is 5.92 Å². The molecule has 0 aromatic heterocycles. The van der Waals surface area contributed by atoms with Crippen LogP contribution in [0.25, 0.3) is 0 Å². The molecule has 0 bridgehead atoms. The van der Waals surface area contributed by atoms with Crippen LogP contribution in [0.5, 0.6) is 0 Å². The third kappa shape index (κ3) is 8.42. The minimum Gasteiger partial charge on any atom is -0.480 e. The third-order valence-electron chi connectivity index (χ3n) is 2.75. The second kappa shape index (κ2) is 8.74. The largest absolute Gasteiger partial charge is 0.480 e. The Morgan fingerprint density at radius 2 is 1.74 bits per heavy atom. The molecule has 0 aromatic rings. The van der Waals surface area contributed by atoms with Gasteiger partial charge < -0.3 is 20.2 Å². The number of urea groups is 1. The zero-order chi connectivity index (χ0) is 15.0. The fourth-order valence-electron chi connectivity index (χ4n) is 1.68. The third-order valence-corrected chi connectivity index (χ3v) is 2.75. The van der Waals surface area contributed by atoms with E-state index in [1.165, 1.54) is 4.90 Å². The summed E-state index contributed by atoms with van der Waals surface area (Å²) < 4.78 is 0. The lowest BCUT2D eigenvalue weighted by molar-refractivity contribution is -0.139. The molecule has 0 saturated heterocycles. The predicted molar refractivity (Wildman–Crippen MR) is 75.2 cm³/mol. The maximum atomic E-state index is 11.9. The summed E-state index contributed by atoms with van der Waals surface area (Å²) >= 11 is 0. The molecule has 0 saturated carbocycles. The van der Waals surface area contributed by atoms with Crippen molar-refractivity contribution >= 4 is 12.0 Å². The lowest BCUT2D eigenvalue weighted by Gasteiger charge is -2.22. The number of carboxylic acids is 1. The Kier molecular flexibility index (Phi) is 8.14. The van der Waals surface area contributed by atoms with Gasteiger partial charge in [0, 0.05) is 13.6 Å². The molecule has 1 atom stereocenters. The van der Waals surface area contributed by atoms with Crippen molar-refractivity contribution in [2.75, 3.05) is 34.2 Å². The van der Waals surface area contributed by atoms with E-state index in [2.05, 4.69) is 5.32 Å². The first-order valence-corrected chi connectivity index (χ1v) is 6.63. The van der Waals surface area contributed by atoms with Crippen LogP contribution >= 0.6 is 0 Å². The smallest absolute Gasteiger partial charge is 0.326 e. The summed E-state index contributed by atoms with van der Waals surface area (Å²) in [6.07, 6.45) is 1.30. The quantitative estimate of drug-likeness (QED) is 0.694. The van der Waals surface area contributed by atoms with Crippen molar-refractivity contribution in [1.29, 1.82) is 0 Å². The van der Waals surface area contributed by atoms with Gasteiger partial charge in [-0.15, -0.1) is 0 Å². The number of amides is 2. The highest BCUT2D eigenvalue weighted by molar-refractivity contribution is 5.82. The summed E-state index contributed by atoms with van der Waals surface area (Å²) in [5.41, 5.74) is 0. The number of hydrogen-bond donors (Lipinski definition) is 2. The molecule has 0 aromatic carbocycles. The number of nitrogens with zero attached hydrogens (tertiary/aromatic N) is 2. The van der Waals surface area contributed by atoms with E-state index in [-0.39, 0.29) is 11.9 Å². The summed E-state index contributed by atoms with van der Waals surface area (Å²) in [5.74, 6) is -0.760. The molecule has 0 radical (unpaired) electrons. The predicted octanol–water partition coefficient (Wildman–Crippen LogP) is 1.08. The number of aliphatic carboxylic acids is 1. The van der Waals surface area contributed by atoms with Gasteiger partial charge in [0.25, 0.3) is 0 Å². The first-order chi connectivity index (χ1) is 8.73. The fourth-order valence-corrected chi connectivity index (χ4v) is 1.68. The maximum absolute atomic E-state index is 11.9. The van der Waals surface area contributed by atoms with Crippen molar-refractivity contribution in [2.45, 2.75) is 32.7 Å². The molecular weight excluding hydrogens is 246 g/mol. The Morgan fingerprint density at radius 3 is 2.16 bits per heavy atom. The van der Waals surface area contributed by atoms with Gasteiger partial charge in [0.05, 0.1) is 0 Å². The molecule has 0 aliphatic carbocycles. The molecule has 2 amide bonds. The molecule has 2 N–H and O–H groups in total. The van der Waals surface area contributed by atoms with Crippen molar-refractivity contribution in [3.8, 4) is 0 Å². The minimum absolute atomic E-state index is 0.223. The monoisotopic (exact) mass is 273 g/mol. The summed E-state index contributed by atoms with van der Waals surface area (Å²) in [6, 6.07) is -1.14. The van der Waals surface area contributed by atoms with E-state index in [1.807, 2.05) is 32.8 Å². The van der Waals surface area contributed by atoms with Gasteiger partial charge >= 0.3 is 12.0 Å². The van der Waals surface area contributed by atoms with E-state index in [4.69, 9.17) is 5.11 Å². The molecule has 0 rings (SSSR count). The van der Waals surface area contributed by atoms with Gasteiger partial charge in [-0.05, 0) is 39.4 Å². The van der Waals surface area contributed by atoms with E-state index in [0.29, 0.717) is 13.0 Å². The van der Waals surface area contributed by atoms with Gasteiger partial charge in [0.15, 0.2) is 0 Å². The Morgan fingerprint density at radius 1 is 1.16 bits per heavy atom. The molecular formula is C13H27N3O3. The van der Waals surface area contributed by atoms with Crippen molar-refractivity contribution in [2.24, 2.45) is 5.92 Å². The standard InChI is InChI=1S/C13H27N3O3/c1-10(2)9-11(12(17)18)14-13(19)16(5)8-6-7-15(3)4/h10-11H,6-9H2,1-5H3,(H,14,19)(H,17,18)/t11-/m1/s1. The molecule has 0 spiro atoms. The highest BCUT2D eigenvalue weighted by atomic mass is 16.4. The molecule has 112 valence electrons. The first-order valence-electron chi connectivity index (χ1n) is 6.63. The zero-order valence-electron chi connectivity index (χ0n) is 12.6. The summed E-state index contributed by atoms with van der Waals surface area (Å²) in [5, 5.41) is 11.6. The van der Waals surface area contributed by atoms with Crippen molar-refractivity contribution in [3.05, 3.63) is 0 Å². The first kappa shape index (κ1) is 17.7. The van der Waals surface area contributed by atoms with Crippen molar-refractivity contribution in [3.63, 3.8) is 0 Å². The van der Waals surface area contributed by atoms with Crippen LogP contribution in [0.15, 0.2) is 0 Å². The number of nitrogens with one attached hydrogen (secondary N) is 1. The zero-order valence-corrected chi connectivity index (χ0v) is 12.6. The molecule has 19 heavy (non-hydrogen) atoms. The number of hydrogen-bond acceptors (Lipinski definition) is 3. The van der Waals surface area contributed by atoms with E-state index in [9.17, 15) is 9.59 Å². The molecule has 0 aliphatic heterocycles. The van der Waals surface area contributed by atoms with Crippen LogP contribution in [0.4, 0.5) is 4.79 Å². The average molecular weight is 273 g/mol. The van der Waals surface area contributed by atoms with E-state index >= 15 is 0 Å². The topological polar surface area (TPSA) is 72.9 Å². The van der Waals surface area contributed by atoms with Crippen LogP contribution < -0.4 is 5.32 Å². The molecule has 0 unspecified atom stereocenters. The molecule has 6 heteroatoms. The van der Waals surface area contributed by atoms with Crippen molar-refractivity contribution in [1.82, 2.24) is 15.1 Å². The fraction of sp³-hybridized carbons (Fsp3) is 0.846. The van der Waals surface area contributed by atoms with Gasteiger partial charge in [-0.1, -0.05) is 13.8 Å².